The molecule has 1 aromatic rings. The van der Waals surface area contributed by atoms with Crippen LogP contribution in [-0.2, 0) is 11.2 Å². The number of hydrogen-bond acceptors (Lipinski definition) is 2. The molecule has 1 unspecified atom stereocenters. The van der Waals surface area contributed by atoms with Crippen molar-refractivity contribution in [1.29, 1.82) is 0 Å². The van der Waals surface area contributed by atoms with Crippen molar-refractivity contribution in [2.24, 2.45) is 0 Å². The van der Waals surface area contributed by atoms with Crippen LogP contribution in [-0.4, -0.2) is 28.7 Å². The molecule has 0 radical (unpaired) electrons. The van der Waals surface area contributed by atoms with Gasteiger partial charge in [-0.05, 0) is 45.2 Å². The lowest BCUT2D eigenvalue weighted by molar-refractivity contribution is -0.142. The number of rotatable bonds is 2. The summed E-state index contributed by atoms with van der Waals surface area (Å²) in [5.41, 5.74) is 0.697. The van der Waals surface area contributed by atoms with Gasteiger partial charge in [0.25, 0.3) is 0 Å². The van der Waals surface area contributed by atoms with Crippen molar-refractivity contribution < 1.29 is 14.7 Å². The van der Waals surface area contributed by atoms with Crippen molar-refractivity contribution in [2.75, 3.05) is 4.90 Å². The zero-order chi connectivity index (χ0) is 14.9. The first kappa shape index (κ1) is 14.4. The number of aliphatic carboxylic acids is 1. The molecule has 20 heavy (non-hydrogen) atoms. The summed E-state index contributed by atoms with van der Waals surface area (Å²) in [5.74, 6) is -1.05. The molecule has 2 rings (SSSR count). The summed E-state index contributed by atoms with van der Waals surface area (Å²) in [5, 5.41) is 11.7. The van der Waals surface area contributed by atoms with Gasteiger partial charge in [-0.25, -0.2) is 9.59 Å². The highest BCUT2D eigenvalue weighted by atomic mass is 16.4. The topological polar surface area (TPSA) is 69.6 Å². The number of benzene rings is 1. The van der Waals surface area contributed by atoms with Crippen LogP contribution in [0.4, 0.5) is 10.5 Å². The monoisotopic (exact) mass is 276 g/mol. The van der Waals surface area contributed by atoms with Gasteiger partial charge in [-0.1, -0.05) is 18.2 Å². The zero-order valence-electron chi connectivity index (χ0n) is 12.0. The maximum atomic E-state index is 12.4. The Balaban J connectivity index is 2.28. The lowest BCUT2D eigenvalue weighted by Crippen LogP contribution is -2.57. The summed E-state index contributed by atoms with van der Waals surface area (Å²) in [6.07, 6.45) is 1.81. The van der Waals surface area contributed by atoms with E-state index in [0.29, 0.717) is 0 Å². The normalized spacial score (nSPS) is 18.4. The fourth-order valence-corrected chi connectivity index (χ4v) is 2.38. The van der Waals surface area contributed by atoms with E-state index in [0.717, 1.165) is 24.1 Å². The molecule has 0 bridgehead atoms. The molecule has 0 saturated heterocycles. The van der Waals surface area contributed by atoms with Crippen LogP contribution in [0.3, 0.4) is 0 Å². The average Bonchev–Trinajstić information content (AvgIpc) is 2.37. The molecule has 5 nitrogen and oxygen atoms in total. The van der Waals surface area contributed by atoms with Gasteiger partial charge >= 0.3 is 12.0 Å². The van der Waals surface area contributed by atoms with Crippen molar-refractivity contribution in [3.63, 3.8) is 0 Å². The smallest absolute Gasteiger partial charge is 0.328 e. The van der Waals surface area contributed by atoms with Gasteiger partial charge in [-0.2, -0.15) is 0 Å². The van der Waals surface area contributed by atoms with E-state index < -0.39 is 11.5 Å². The Morgan fingerprint density at radius 2 is 2.00 bits per heavy atom. The van der Waals surface area contributed by atoms with Crippen LogP contribution in [0.5, 0.6) is 0 Å². The summed E-state index contributed by atoms with van der Waals surface area (Å²) in [6.45, 7) is 4.94. The molecule has 1 aromatic carbocycles. The van der Waals surface area contributed by atoms with Crippen molar-refractivity contribution in [3.8, 4) is 0 Å². The molecule has 1 atom stereocenters. The zero-order valence-corrected chi connectivity index (χ0v) is 12.0. The van der Waals surface area contributed by atoms with Crippen LogP contribution < -0.4 is 10.2 Å². The highest BCUT2D eigenvalue weighted by Crippen LogP contribution is 2.30. The first-order valence-corrected chi connectivity index (χ1v) is 6.75. The molecule has 2 amide bonds. The molecule has 0 aliphatic carbocycles. The second kappa shape index (κ2) is 5.15. The summed E-state index contributed by atoms with van der Waals surface area (Å²) in [4.78, 5) is 25.2. The number of hydrogen-bond donors (Lipinski definition) is 2. The number of carboxylic acids is 1. The predicted molar refractivity (Wildman–Crippen MR) is 77.0 cm³/mol. The molecule has 2 N–H and O–H groups in total. The van der Waals surface area contributed by atoms with Gasteiger partial charge in [0.1, 0.15) is 5.54 Å². The minimum Gasteiger partial charge on any atom is -0.480 e. The van der Waals surface area contributed by atoms with Gasteiger partial charge in [-0.3, -0.25) is 4.90 Å². The summed E-state index contributed by atoms with van der Waals surface area (Å²) in [6, 6.07) is 7.43. The average molecular weight is 276 g/mol. The van der Waals surface area contributed by atoms with Crippen molar-refractivity contribution in [3.05, 3.63) is 29.8 Å². The molecule has 0 spiro atoms. The van der Waals surface area contributed by atoms with E-state index in [1.807, 2.05) is 31.2 Å². The second-order valence-corrected chi connectivity index (χ2v) is 5.75. The molecule has 0 fully saturated rings. The summed E-state index contributed by atoms with van der Waals surface area (Å²) < 4.78 is 0. The first-order valence-electron chi connectivity index (χ1n) is 6.75. The van der Waals surface area contributed by atoms with E-state index in [1.165, 1.54) is 13.8 Å². The van der Waals surface area contributed by atoms with E-state index in [-0.39, 0.29) is 12.1 Å². The Labute approximate surface area is 118 Å². The Bertz CT molecular complexity index is 540. The summed E-state index contributed by atoms with van der Waals surface area (Å²) in [7, 11) is 0. The number of para-hydroxylation sites is 1. The van der Waals surface area contributed by atoms with E-state index in [1.54, 1.807) is 4.90 Å². The minimum absolute atomic E-state index is 0.0505. The lowest BCUT2D eigenvalue weighted by atomic mass is 9.97. The number of carbonyl (C=O) groups is 2. The molecule has 108 valence electrons. The number of anilines is 1. The van der Waals surface area contributed by atoms with Crippen LogP contribution >= 0.6 is 0 Å². The van der Waals surface area contributed by atoms with Crippen molar-refractivity contribution >= 4 is 17.7 Å². The molecule has 1 heterocycles. The highest BCUT2D eigenvalue weighted by Gasteiger charge is 2.34. The van der Waals surface area contributed by atoms with Crippen LogP contribution in [0.2, 0.25) is 0 Å². The van der Waals surface area contributed by atoms with Gasteiger partial charge in [0.15, 0.2) is 0 Å². The standard InChI is InChI=1S/C15H20N2O3/c1-10-8-9-11-6-4-5-7-12(11)17(10)14(20)16-15(2,3)13(18)19/h4-7,10H,8-9H2,1-3H3,(H,16,20)(H,18,19). The quantitative estimate of drug-likeness (QED) is 0.871. The van der Waals surface area contributed by atoms with E-state index in [9.17, 15) is 9.59 Å². The minimum atomic E-state index is -1.29. The number of urea groups is 1. The molecule has 1 aliphatic heterocycles. The van der Waals surface area contributed by atoms with Crippen molar-refractivity contribution in [1.82, 2.24) is 5.32 Å². The molecule has 0 saturated carbocycles. The van der Waals surface area contributed by atoms with Gasteiger partial charge in [0.05, 0.1) is 0 Å². The molecule has 1 aliphatic rings. The number of carboxylic acid groups (broad SMARTS) is 1. The number of aryl methyl sites for hydroxylation is 1. The third-order valence-electron chi connectivity index (χ3n) is 3.70. The molecular weight excluding hydrogens is 256 g/mol. The number of nitrogens with zero attached hydrogens (tertiary/aromatic N) is 1. The SMILES string of the molecule is CC1CCc2ccccc2N1C(=O)NC(C)(C)C(=O)O. The number of amides is 2. The number of fused-ring (bicyclic) bond motifs is 1. The third-order valence-corrected chi connectivity index (χ3v) is 3.70. The van der Waals surface area contributed by atoms with E-state index in [2.05, 4.69) is 5.32 Å². The Hall–Kier alpha value is -2.04. The van der Waals surface area contributed by atoms with Gasteiger partial charge in [0.2, 0.25) is 0 Å². The first-order chi connectivity index (χ1) is 9.33. The fraction of sp³-hybridized carbons (Fsp3) is 0.467. The van der Waals surface area contributed by atoms with Crippen LogP contribution in [0.25, 0.3) is 0 Å². The largest absolute Gasteiger partial charge is 0.480 e. The molecular formula is C15H20N2O3. The van der Waals surface area contributed by atoms with Crippen LogP contribution in [0, 0.1) is 0 Å². The highest BCUT2D eigenvalue weighted by molar-refractivity contribution is 5.97. The number of carbonyl (C=O) groups excluding carboxylic acids is 1. The third kappa shape index (κ3) is 2.61. The van der Waals surface area contributed by atoms with Crippen LogP contribution in [0.1, 0.15) is 32.8 Å². The van der Waals surface area contributed by atoms with E-state index in [4.69, 9.17) is 5.11 Å². The Morgan fingerprint density at radius 3 is 2.65 bits per heavy atom. The maximum Gasteiger partial charge on any atom is 0.328 e. The fourth-order valence-electron chi connectivity index (χ4n) is 2.38. The second-order valence-electron chi connectivity index (χ2n) is 5.75. The summed E-state index contributed by atoms with van der Waals surface area (Å²) >= 11 is 0. The number of nitrogens with one attached hydrogen (secondary N) is 1. The predicted octanol–water partition coefficient (Wildman–Crippen LogP) is 2.40. The Morgan fingerprint density at radius 1 is 1.35 bits per heavy atom. The Kier molecular flexibility index (Phi) is 3.70. The van der Waals surface area contributed by atoms with Gasteiger partial charge in [-0.15, -0.1) is 0 Å². The lowest BCUT2D eigenvalue weighted by Gasteiger charge is -2.37. The molecule has 5 heteroatoms. The molecule has 0 aromatic heterocycles. The van der Waals surface area contributed by atoms with Gasteiger partial charge < -0.3 is 10.4 Å². The van der Waals surface area contributed by atoms with E-state index >= 15 is 0 Å². The maximum absolute atomic E-state index is 12.4. The van der Waals surface area contributed by atoms with Crippen molar-refractivity contribution in [2.45, 2.75) is 45.2 Å². The van der Waals surface area contributed by atoms with Crippen LogP contribution in [0.15, 0.2) is 24.3 Å². The van der Waals surface area contributed by atoms with Gasteiger partial charge in [0, 0.05) is 11.7 Å².